The maximum absolute atomic E-state index is 13.5. The average Bonchev–Trinajstić information content (AvgIpc) is 2.54. The zero-order valence-electron chi connectivity index (χ0n) is 7.97. The van der Waals surface area contributed by atoms with E-state index < -0.39 is 23.3 Å². The summed E-state index contributed by atoms with van der Waals surface area (Å²) in [7, 11) is 0. The lowest BCUT2D eigenvalue weighted by Gasteiger charge is -2.15. The quantitative estimate of drug-likeness (QED) is 0.586. The molecule has 0 bridgehead atoms. The van der Waals surface area contributed by atoms with Crippen LogP contribution in [-0.2, 0) is 9.59 Å². The van der Waals surface area contributed by atoms with E-state index in [0.29, 0.717) is 0 Å². The predicted octanol–water partition coefficient (Wildman–Crippen LogP) is 2.03. The molecule has 1 aliphatic rings. The number of hydrogen-bond donors (Lipinski definition) is 0. The summed E-state index contributed by atoms with van der Waals surface area (Å²) in [6.07, 6.45) is 0.0377. The van der Waals surface area contributed by atoms with Crippen LogP contribution in [0.15, 0.2) is 16.6 Å². The molecular weight excluding hydrogens is 284 g/mol. The summed E-state index contributed by atoms with van der Waals surface area (Å²) in [5.74, 6) is -2.79. The van der Waals surface area contributed by atoms with E-state index in [-0.39, 0.29) is 23.1 Å². The van der Waals surface area contributed by atoms with E-state index in [2.05, 4.69) is 15.9 Å². The summed E-state index contributed by atoms with van der Waals surface area (Å²) in [5.41, 5.74) is -0.198. The first-order valence-electron chi connectivity index (χ1n) is 4.50. The Balaban J connectivity index is 2.45. The van der Waals surface area contributed by atoms with Gasteiger partial charge in [-0.05, 0) is 22.0 Å². The molecule has 0 saturated carbocycles. The number of rotatable bonds is 1. The Morgan fingerprint density at radius 3 is 2.44 bits per heavy atom. The van der Waals surface area contributed by atoms with Gasteiger partial charge in [-0.1, -0.05) is 0 Å². The number of hydrogen-bond acceptors (Lipinski definition) is 2. The molecule has 1 aromatic rings. The van der Waals surface area contributed by atoms with Crippen LogP contribution in [0, 0.1) is 11.6 Å². The molecule has 6 heteroatoms. The summed E-state index contributed by atoms with van der Waals surface area (Å²) in [4.78, 5) is 23.3. The molecule has 0 atom stereocenters. The van der Waals surface area contributed by atoms with Gasteiger partial charge in [0.25, 0.3) is 5.91 Å². The molecule has 1 fully saturated rings. The summed E-state index contributed by atoms with van der Waals surface area (Å²) >= 11 is 2.83. The van der Waals surface area contributed by atoms with Crippen molar-refractivity contribution >= 4 is 33.3 Å². The van der Waals surface area contributed by atoms with E-state index in [1.807, 2.05) is 0 Å². The smallest absolute Gasteiger partial charge is 0.294 e. The standard InChI is InChI=1S/C10H6BrF2NO2/c11-5-3-7(13)8(4-6(5)12)14-2-1-9(15)10(14)16/h3-4H,1-2H2. The number of ketones is 1. The van der Waals surface area contributed by atoms with Crippen LogP contribution in [0.25, 0.3) is 0 Å². The topological polar surface area (TPSA) is 37.4 Å². The van der Waals surface area contributed by atoms with Crippen molar-refractivity contribution in [2.75, 3.05) is 11.4 Å². The molecule has 0 unspecified atom stereocenters. The van der Waals surface area contributed by atoms with Crippen molar-refractivity contribution in [1.82, 2.24) is 0 Å². The Bertz CT molecular complexity index is 490. The molecule has 0 spiro atoms. The van der Waals surface area contributed by atoms with Crippen LogP contribution in [0.1, 0.15) is 6.42 Å². The molecule has 1 heterocycles. The largest absolute Gasteiger partial charge is 0.302 e. The molecule has 0 radical (unpaired) electrons. The van der Waals surface area contributed by atoms with E-state index in [1.165, 1.54) is 0 Å². The third-order valence-corrected chi connectivity index (χ3v) is 2.93. The lowest BCUT2D eigenvalue weighted by atomic mass is 10.2. The Morgan fingerprint density at radius 2 is 1.88 bits per heavy atom. The highest BCUT2D eigenvalue weighted by Gasteiger charge is 2.32. The summed E-state index contributed by atoms with van der Waals surface area (Å²) in [6, 6.07) is 1.83. The van der Waals surface area contributed by atoms with Crippen molar-refractivity contribution in [1.29, 1.82) is 0 Å². The minimum absolute atomic E-state index is 0.0216. The van der Waals surface area contributed by atoms with Crippen molar-refractivity contribution in [2.24, 2.45) is 0 Å². The fourth-order valence-electron chi connectivity index (χ4n) is 1.52. The van der Waals surface area contributed by atoms with Gasteiger partial charge < -0.3 is 4.90 Å². The van der Waals surface area contributed by atoms with Crippen LogP contribution < -0.4 is 4.90 Å². The summed E-state index contributed by atoms with van der Waals surface area (Å²) in [6.45, 7) is 0.0929. The molecule has 84 valence electrons. The van der Waals surface area contributed by atoms with Crippen molar-refractivity contribution in [2.45, 2.75) is 6.42 Å². The fraction of sp³-hybridized carbons (Fsp3) is 0.200. The summed E-state index contributed by atoms with van der Waals surface area (Å²) < 4.78 is 26.7. The third-order valence-electron chi connectivity index (χ3n) is 2.33. The van der Waals surface area contributed by atoms with Gasteiger partial charge in [-0.15, -0.1) is 0 Å². The molecule has 3 nitrogen and oxygen atoms in total. The zero-order chi connectivity index (χ0) is 11.9. The lowest BCUT2D eigenvalue weighted by Crippen LogP contribution is -2.28. The van der Waals surface area contributed by atoms with Gasteiger partial charge in [0.05, 0.1) is 10.2 Å². The number of benzene rings is 1. The van der Waals surface area contributed by atoms with Gasteiger partial charge in [-0.25, -0.2) is 8.78 Å². The van der Waals surface area contributed by atoms with Gasteiger partial charge in [-0.3, -0.25) is 9.59 Å². The molecule has 0 aromatic heterocycles. The minimum atomic E-state index is -0.791. The van der Waals surface area contributed by atoms with Crippen molar-refractivity contribution < 1.29 is 18.4 Å². The first-order valence-corrected chi connectivity index (χ1v) is 5.29. The number of Topliss-reactive ketones (excluding diaryl/α,β-unsaturated/α-hetero) is 1. The summed E-state index contributed by atoms with van der Waals surface area (Å²) in [5, 5.41) is 0. The third kappa shape index (κ3) is 1.73. The minimum Gasteiger partial charge on any atom is -0.302 e. The highest BCUT2D eigenvalue weighted by Crippen LogP contribution is 2.28. The maximum atomic E-state index is 13.5. The number of anilines is 1. The maximum Gasteiger partial charge on any atom is 0.294 e. The molecule has 16 heavy (non-hydrogen) atoms. The predicted molar refractivity (Wildman–Crippen MR) is 56.0 cm³/mol. The molecule has 2 rings (SSSR count). The monoisotopic (exact) mass is 289 g/mol. The second-order valence-electron chi connectivity index (χ2n) is 3.35. The average molecular weight is 290 g/mol. The zero-order valence-corrected chi connectivity index (χ0v) is 9.55. The van der Waals surface area contributed by atoms with E-state index in [1.54, 1.807) is 0 Å². The van der Waals surface area contributed by atoms with E-state index in [0.717, 1.165) is 17.0 Å². The molecule has 1 aliphatic heterocycles. The first-order chi connectivity index (χ1) is 7.50. The molecular formula is C10H6BrF2NO2. The van der Waals surface area contributed by atoms with Crippen LogP contribution in [0.3, 0.4) is 0 Å². The number of nitrogens with zero attached hydrogens (tertiary/aromatic N) is 1. The van der Waals surface area contributed by atoms with Crippen LogP contribution in [0.5, 0.6) is 0 Å². The number of amides is 1. The fourth-order valence-corrected chi connectivity index (χ4v) is 1.84. The Labute approximate surface area is 98.2 Å². The van der Waals surface area contributed by atoms with Crippen LogP contribution >= 0.6 is 15.9 Å². The molecule has 0 N–H and O–H groups in total. The number of halogens is 3. The van der Waals surface area contributed by atoms with Crippen LogP contribution in [0.2, 0.25) is 0 Å². The van der Waals surface area contributed by atoms with Gasteiger partial charge >= 0.3 is 0 Å². The van der Waals surface area contributed by atoms with Crippen LogP contribution in [0.4, 0.5) is 14.5 Å². The Hall–Kier alpha value is -1.30. The van der Waals surface area contributed by atoms with Crippen molar-refractivity contribution in [3.05, 3.63) is 28.2 Å². The Morgan fingerprint density at radius 1 is 1.19 bits per heavy atom. The highest BCUT2D eigenvalue weighted by atomic mass is 79.9. The van der Waals surface area contributed by atoms with Gasteiger partial charge in [0, 0.05) is 19.0 Å². The molecule has 0 aliphatic carbocycles. The first kappa shape index (κ1) is 11.2. The molecule has 1 saturated heterocycles. The normalized spacial score (nSPS) is 16.1. The van der Waals surface area contributed by atoms with Gasteiger partial charge in [-0.2, -0.15) is 0 Å². The number of carbonyl (C=O) groups excluding carboxylic acids is 2. The highest BCUT2D eigenvalue weighted by molar-refractivity contribution is 9.10. The van der Waals surface area contributed by atoms with E-state index >= 15 is 0 Å². The van der Waals surface area contributed by atoms with E-state index in [4.69, 9.17) is 0 Å². The van der Waals surface area contributed by atoms with Gasteiger partial charge in [0.15, 0.2) is 0 Å². The second kappa shape index (κ2) is 3.93. The lowest BCUT2D eigenvalue weighted by molar-refractivity contribution is -0.133. The SMILES string of the molecule is O=C1CCN(c2cc(F)c(Br)cc2F)C1=O. The van der Waals surface area contributed by atoms with Crippen molar-refractivity contribution in [3.8, 4) is 0 Å². The number of carbonyl (C=O) groups is 2. The van der Waals surface area contributed by atoms with Gasteiger partial charge in [0.2, 0.25) is 5.78 Å². The van der Waals surface area contributed by atoms with Crippen LogP contribution in [-0.4, -0.2) is 18.2 Å². The van der Waals surface area contributed by atoms with E-state index in [9.17, 15) is 18.4 Å². The van der Waals surface area contributed by atoms with Crippen molar-refractivity contribution in [3.63, 3.8) is 0 Å². The second-order valence-corrected chi connectivity index (χ2v) is 4.20. The van der Waals surface area contributed by atoms with Gasteiger partial charge in [0.1, 0.15) is 11.6 Å². The molecule has 1 amide bonds. The Kier molecular flexibility index (Phi) is 2.75. The molecule has 1 aromatic carbocycles.